The van der Waals surface area contributed by atoms with Gasteiger partial charge in [0.1, 0.15) is 18.3 Å². The maximum atomic E-state index is 12.8. The molecule has 1 aromatic rings. The molecule has 0 amide bonds. The first-order valence-corrected chi connectivity index (χ1v) is 10.0. The Morgan fingerprint density at radius 1 is 1.21 bits per heavy atom. The van der Waals surface area contributed by atoms with E-state index in [2.05, 4.69) is 0 Å². The molecule has 3 aliphatic rings. The van der Waals surface area contributed by atoms with E-state index in [4.69, 9.17) is 9.47 Å². The maximum Gasteiger partial charge on any atom is 0.338 e. The summed E-state index contributed by atoms with van der Waals surface area (Å²) in [6.07, 6.45) is -1.88. The predicted octanol–water partition coefficient (Wildman–Crippen LogP) is 1.44. The van der Waals surface area contributed by atoms with Crippen LogP contribution in [0.5, 0.6) is 0 Å². The normalized spacial score (nSPS) is 46.4. The number of esters is 2. The average molecular weight is 404 g/mol. The molecule has 1 aliphatic heterocycles. The minimum absolute atomic E-state index is 0.0156. The minimum Gasteiger partial charge on any atom is -0.465 e. The number of aliphatic hydroxyl groups is 3. The summed E-state index contributed by atoms with van der Waals surface area (Å²) >= 11 is 0. The molecule has 0 aromatic heterocycles. The summed E-state index contributed by atoms with van der Waals surface area (Å²) in [5.41, 5.74) is -5.65. The van der Waals surface area contributed by atoms with E-state index in [0.717, 1.165) is 0 Å². The average Bonchev–Trinajstić information content (AvgIpc) is 2.83. The van der Waals surface area contributed by atoms with Gasteiger partial charge in [-0.2, -0.15) is 0 Å². The lowest BCUT2D eigenvalue weighted by Crippen LogP contribution is -2.77. The molecule has 29 heavy (non-hydrogen) atoms. The zero-order valence-electron chi connectivity index (χ0n) is 16.9. The minimum atomic E-state index is -1.75. The second-order valence-corrected chi connectivity index (χ2v) is 9.36. The molecular weight excluding hydrogens is 376 g/mol. The fourth-order valence-electron chi connectivity index (χ4n) is 6.05. The van der Waals surface area contributed by atoms with Crippen LogP contribution in [0.15, 0.2) is 30.3 Å². The number of hydrogen-bond acceptors (Lipinski definition) is 7. The van der Waals surface area contributed by atoms with Crippen molar-refractivity contribution >= 4 is 11.9 Å². The molecule has 7 heteroatoms. The number of aliphatic hydroxyl groups excluding tert-OH is 1. The van der Waals surface area contributed by atoms with Gasteiger partial charge in [-0.15, -0.1) is 0 Å². The standard InChI is InChI=1S/C22H28O7/c1-13-9-16(29-18(25)14-7-5-4-6-8-14)22(27)19(2)12-28-17(24)11-21(13,22)10-15(23)20(19,3)26/h4-8,13,15-16,23,26-27H,9-12H2,1-3H3/t13-,15-,16+,19-,20+,21-,22+/m1/s1. The Morgan fingerprint density at radius 3 is 2.52 bits per heavy atom. The summed E-state index contributed by atoms with van der Waals surface area (Å²) in [4.78, 5) is 25.2. The fourth-order valence-corrected chi connectivity index (χ4v) is 6.05. The smallest absolute Gasteiger partial charge is 0.338 e. The van der Waals surface area contributed by atoms with Gasteiger partial charge in [0.2, 0.25) is 0 Å². The molecule has 3 fully saturated rings. The van der Waals surface area contributed by atoms with Crippen LogP contribution in [-0.4, -0.2) is 57.3 Å². The topological polar surface area (TPSA) is 113 Å². The molecule has 1 saturated heterocycles. The van der Waals surface area contributed by atoms with Gasteiger partial charge in [-0.05, 0) is 37.8 Å². The summed E-state index contributed by atoms with van der Waals surface area (Å²) in [7, 11) is 0. The molecule has 3 N–H and O–H groups in total. The monoisotopic (exact) mass is 404 g/mol. The highest BCUT2D eigenvalue weighted by Crippen LogP contribution is 2.69. The number of rotatable bonds is 2. The SMILES string of the molecule is C[C@@H]1C[C@H](OC(=O)c2ccccc2)[C@@]2(O)[C@]13CC(=O)OC[C@]2(C)[C@@](C)(O)[C@H](O)C3. The van der Waals surface area contributed by atoms with Gasteiger partial charge >= 0.3 is 11.9 Å². The molecule has 2 saturated carbocycles. The van der Waals surface area contributed by atoms with Crippen molar-refractivity contribution in [2.75, 3.05) is 6.61 Å². The highest BCUT2D eigenvalue weighted by Gasteiger charge is 2.80. The Kier molecular flexibility index (Phi) is 4.39. The maximum absolute atomic E-state index is 12.8. The van der Waals surface area contributed by atoms with E-state index in [9.17, 15) is 24.9 Å². The highest BCUT2D eigenvalue weighted by atomic mass is 16.6. The number of carbonyl (C=O) groups excluding carboxylic acids is 2. The molecular formula is C22H28O7. The fraction of sp³-hybridized carbons (Fsp3) is 0.636. The summed E-state index contributed by atoms with van der Waals surface area (Å²) in [6.45, 7) is 4.65. The third-order valence-electron chi connectivity index (χ3n) is 8.14. The second-order valence-electron chi connectivity index (χ2n) is 9.36. The van der Waals surface area contributed by atoms with E-state index in [1.165, 1.54) is 6.92 Å². The van der Waals surface area contributed by atoms with Crippen LogP contribution in [-0.2, 0) is 14.3 Å². The van der Waals surface area contributed by atoms with Crippen LogP contribution in [0.4, 0.5) is 0 Å². The summed E-state index contributed by atoms with van der Waals surface area (Å²) in [5.74, 6) is -1.30. The number of ether oxygens (including phenoxy) is 2. The van der Waals surface area contributed by atoms with Crippen molar-refractivity contribution in [3.8, 4) is 0 Å². The Labute approximate surface area is 169 Å². The van der Waals surface area contributed by atoms with E-state index < -0.39 is 46.2 Å². The predicted molar refractivity (Wildman–Crippen MR) is 102 cm³/mol. The van der Waals surface area contributed by atoms with Gasteiger partial charge in [0.15, 0.2) is 0 Å². The second kappa shape index (κ2) is 6.27. The Bertz CT molecular complexity index is 837. The molecule has 0 radical (unpaired) electrons. The van der Waals surface area contributed by atoms with E-state index >= 15 is 0 Å². The number of benzene rings is 1. The van der Waals surface area contributed by atoms with E-state index in [1.807, 2.05) is 6.92 Å². The van der Waals surface area contributed by atoms with Crippen LogP contribution in [0, 0.1) is 16.7 Å². The zero-order chi connectivity index (χ0) is 21.2. The zero-order valence-corrected chi connectivity index (χ0v) is 16.9. The third-order valence-corrected chi connectivity index (χ3v) is 8.14. The molecule has 158 valence electrons. The van der Waals surface area contributed by atoms with Crippen LogP contribution >= 0.6 is 0 Å². The van der Waals surface area contributed by atoms with Crippen LogP contribution in [0.1, 0.15) is 50.4 Å². The highest BCUT2D eigenvalue weighted by molar-refractivity contribution is 5.89. The Hall–Kier alpha value is -1.96. The van der Waals surface area contributed by atoms with E-state index in [-0.39, 0.29) is 25.4 Å². The molecule has 4 rings (SSSR count). The lowest BCUT2D eigenvalue weighted by molar-refractivity contribution is -0.315. The summed E-state index contributed by atoms with van der Waals surface area (Å²) < 4.78 is 11.2. The van der Waals surface area contributed by atoms with Crippen molar-refractivity contribution in [2.45, 2.75) is 63.4 Å². The first-order valence-electron chi connectivity index (χ1n) is 10.0. The lowest BCUT2D eigenvalue weighted by atomic mass is 9.45. The van der Waals surface area contributed by atoms with Crippen molar-refractivity contribution in [3.63, 3.8) is 0 Å². The molecule has 0 unspecified atom stereocenters. The quantitative estimate of drug-likeness (QED) is 0.639. The first kappa shape index (κ1) is 20.3. The first-order chi connectivity index (χ1) is 13.5. The van der Waals surface area contributed by atoms with Gasteiger partial charge in [0, 0.05) is 5.41 Å². The number of hydrogen-bond donors (Lipinski definition) is 3. The van der Waals surface area contributed by atoms with Crippen molar-refractivity contribution in [3.05, 3.63) is 35.9 Å². The Morgan fingerprint density at radius 2 is 1.86 bits per heavy atom. The van der Waals surface area contributed by atoms with Crippen LogP contribution < -0.4 is 0 Å². The van der Waals surface area contributed by atoms with Crippen molar-refractivity contribution in [2.24, 2.45) is 16.7 Å². The molecule has 7 atom stereocenters. The summed E-state index contributed by atoms with van der Waals surface area (Å²) in [5, 5.41) is 34.3. The van der Waals surface area contributed by atoms with Crippen LogP contribution in [0.25, 0.3) is 0 Å². The molecule has 7 nitrogen and oxygen atoms in total. The largest absolute Gasteiger partial charge is 0.465 e. The molecule has 1 heterocycles. The van der Waals surface area contributed by atoms with Crippen molar-refractivity contribution in [1.82, 2.24) is 0 Å². The van der Waals surface area contributed by atoms with Crippen molar-refractivity contribution in [1.29, 1.82) is 0 Å². The van der Waals surface area contributed by atoms with Gasteiger partial charge < -0.3 is 24.8 Å². The number of carbonyl (C=O) groups is 2. The van der Waals surface area contributed by atoms with Crippen LogP contribution in [0.2, 0.25) is 0 Å². The van der Waals surface area contributed by atoms with Gasteiger partial charge in [-0.1, -0.05) is 32.0 Å². The van der Waals surface area contributed by atoms with Gasteiger partial charge in [0.25, 0.3) is 0 Å². The molecule has 2 bridgehead atoms. The molecule has 1 aromatic carbocycles. The molecule has 0 spiro atoms. The lowest BCUT2D eigenvalue weighted by Gasteiger charge is -2.63. The van der Waals surface area contributed by atoms with Crippen LogP contribution in [0.3, 0.4) is 0 Å². The van der Waals surface area contributed by atoms with E-state index in [1.54, 1.807) is 37.3 Å². The van der Waals surface area contributed by atoms with Gasteiger partial charge in [-0.3, -0.25) is 4.79 Å². The molecule has 2 aliphatic carbocycles. The van der Waals surface area contributed by atoms with Gasteiger partial charge in [0.05, 0.1) is 29.1 Å². The van der Waals surface area contributed by atoms with Crippen molar-refractivity contribution < 1.29 is 34.4 Å². The Balaban J connectivity index is 1.83. The van der Waals surface area contributed by atoms with Gasteiger partial charge in [-0.25, -0.2) is 4.79 Å². The van der Waals surface area contributed by atoms with E-state index in [0.29, 0.717) is 12.0 Å². The summed E-state index contributed by atoms with van der Waals surface area (Å²) in [6, 6.07) is 8.49. The number of cyclic esters (lactones) is 1. The third kappa shape index (κ3) is 2.41.